The van der Waals surface area contributed by atoms with E-state index in [0.29, 0.717) is 22.4 Å². The molecule has 0 radical (unpaired) electrons. The van der Waals surface area contributed by atoms with E-state index in [1.165, 1.54) is 0 Å². The molecule has 3 heterocycles. The third kappa shape index (κ3) is 3.63. The Morgan fingerprint density at radius 3 is 2.46 bits per heavy atom. The van der Waals surface area contributed by atoms with Crippen LogP contribution in [0.3, 0.4) is 0 Å². The molecule has 7 nitrogen and oxygen atoms in total. The second-order valence-corrected chi connectivity index (χ2v) is 9.21. The predicted molar refractivity (Wildman–Crippen MR) is 140 cm³/mol. The lowest BCUT2D eigenvalue weighted by atomic mass is 10.1. The Morgan fingerprint density at radius 2 is 1.69 bits per heavy atom. The number of carbonyl (C=O) groups excluding carboxylic acids is 2. The highest BCUT2D eigenvalue weighted by atomic mass is 79.9. The predicted octanol–water partition coefficient (Wildman–Crippen LogP) is 5.33. The van der Waals surface area contributed by atoms with Crippen LogP contribution in [-0.4, -0.2) is 37.1 Å². The van der Waals surface area contributed by atoms with Crippen LogP contribution in [0.25, 0.3) is 39.2 Å². The molecule has 3 aromatic carbocycles. The summed E-state index contributed by atoms with van der Waals surface area (Å²) in [6, 6.07) is 22.9. The van der Waals surface area contributed by atoms with Crippen molar-refractivity contribution in [2.24, 2.45) is 5.10 Å². The van der Waals surface area contributed by atoms with E-state index in [1.54, 1.807) is 17.6 Å². The minimum atomic E-state index is -0.442. The van der Waals surface area contributed by atoms with E-state index in [0.717, 1.165) is 37.0 Å². The number of nitrogens with zero attached hydrogens (tertiary/aromatic N) is 5. The van der Waals surface area contributed by atoms with Gasteiger partial charge in [-0.1, -0.05) is 58.4 Å². The number of hydrogen-bond acceptors (Lipinski definition) is 5. The Kier molecular flexibility index (Phi) is 5.04. The van der Waals surface area contributed by atoms with Gasteiger partial charge in [0.25, 0.3) is 11.8 Å². The van der Waals surface area contributed by atoms with Gasteiger partial charge in [0.15, 0.2) is 5.65 Å². The third-order valence-corrected chi connectivity index (χ3v) is 6.51. The highest BCUT2D eigenvalue weighted by Crippen LogP contribution is 2.31. The molecular formula is C27H18BrN5O2. The van der Waals surface area contributed by atoms with Crippen molar-refractivity contribution in [3.8, 4) is 0 Å². The lowest BCUT2D eigenvalue weighted by molar-refractivity contribution is -0.141. The zero-order valence-corrected chi connectivity index (χ0v) is 20.2. The summed E-state index contributed by atoms with van der Waals surface area (Å²) in [5.74, 6) is -0.876. The molecule has 0 saturated carbocycles. The average molecular weight is 524 g/mol. The molecule has 0 fully saturated rings. The Bertz CT molecular complexity index is 1740. The molecular weight excluding hydrogens is 506 g/mol. The van der Waals surface area contributed by atoms with Crippen LogP contribution in [-0.2, 0) is 16.1 Å². The molecule has 0 aliphatic carbocycles. The second kappa shape index (κ2) is 8.25. The summed E-state index contributed by atoms with van der Waals surface area (Å²) in [7, 11) is 0. The van der Waals surface area contributed by atoms with Crippen LogP contribution in [0, 0.1) is 0 Å². The number of rotatable bonds is 3. The van der Waals surface area contributed by atoms with Gasteiger partial charge in [0.1, 0.15) is 12.1 Å². The van der Waals surface area contributed by atoms with E-state index < -0.39 is 11.8 Å². The minimum absolute atomic E-state index is 0.101. The van der Waals surface area contributed by atoms with Crippen molar-refractivity contribution in [1.29, 1.82) is 0 Å². The maximum Gasteiger partial charge on any atom is 0.283 e. The van der Waals surface area contributed by atoms with Crippen LogP contribution in [0.15, 0.2) is 87.9 Å². The molecule has 8 heteroatoms. The molecule has 0 atom stereocenters. The van der Waals surface area contributed by atoms with Crippen molar-refractivity contribution < 1.29 is 9.59 Å². The van der Waals surface area contributed by atoms with Crippen molar-refractivity contribution >= 4 is 72.6 Å². The maximum atomic E-state index is 13.4. The second-order valence-electron chi connectivity index (χ2n) is 8.30. The normalized spacial score (nSPS) is 15.0. The van der Waals surface area contributed by atoms with Crippen LogP contribution in [0.2, 0.25) is 0 Å². The van der Waals surface area contributed by atoms with Gasteiger partial charge in [-0.3, -0.25) is 9.59 Å². The first kappa shape index (κ1) is 21.4. The molecule has 1 aliphatic rings. The number of carbonyl (C=O) groups is 2. The molecule has 170 valence electrons. The van der Waals surface area contributed by atoms with Crippen molar-refractivity contribution in [3.63, 3.8) is 0 Å². The number of amides is 2. The van der Waals surface area contributed by atoms with Crippen molar-refractivity contribution in [1.82, 2.24) is 19.5 Å². The Labute approximate surface area is 208 Å². The number of benzene rings is 3. The van der Waals surface area contributed by atoms with Gasteiger partial charge in [0, 0.05) is 9.86 Å². The molecule has 5 aromatic rings. The van der Waals surface area contributed by atoms with Gasteiger partial charge in [0.05, 0.1) is 27.8 Å². The fourth-order valence-electron chi connectivity index (χ4n) is 4.34. The van der Waals surface area contributed by atoms with Gasteiger partial charge in [-0.05, 0) is 48.9 Å². The molecule has 2 aromatic heterocycles. The Balaban J connectivity index is 1.42. The van der Waals surface area contributed by atoms with E-state index in [2.05, 4.69) is 21.0 Å². The topological polar surface area (TPSA) is 80.5 Å². The Hall–Kier alpha value is -4.17. The maximum absolute atomic E-state index is 13.4. The van der Waals surface area contributed by atoms with Gasteiger partial charge >= 0.3 is 0 Å². The number of aromatic nitrogens is 3. The summed E-state index contributed by atoms with van der Waals surface area (Å²) in [5, 5.41) is 6.10. The highest BCUT2D eigenvalue weighted by Gasteiger charge is 2.33. The molecule has 1 aliphatic heterocycles. The lowest BCUT2D eigenvalue weighted by Gasteiger charge is -2.12. The summed E-state index contributed by atoms with van der Waals surface area (Å²) in [4.78, 5) is 36.1. The van der Waals surface area contributed by atoms with Crippen LogP contribution in [0.4, 0.5) is 0 Å². The highest BCUT2D eigenvalue weighted by molar-refractivity contribution is 9.10. The number of fused-ring (bicyclic) bond motifs is 4. The standard InChI is InChI=1S/C27H18BrN5O2/c1-16-19(13-17-7-3-2-4-8-17)27(35)33(31-16)24(34)15-32-23-12-11-18(28)14-20(23)25-26(32)30-22-10-6-5-9-21(22)29-25/h2-14H,15H2,1H3/b19-13+. The fraction of sp³-hybridized carbons (Fsp3) is 0.0741. The zero-order valence-electron chi connectivity index (χ0n) is 18.6. The summed E-state index contributed by atoms with van der Waals surface area (Å²) >= 11 is 3.53. The molecule has 0 unspecified atom stereocenters. The smallest absolute Gasteiger partial charge is 0.283 e. The van der Waals surface area contributed by atoms with Gasteiger partial charge in [0.2, 0.25) is 0 Å². The summed E-state index contributed by atoms with van der Waals surface area (Å²) < 4.78 is 2.70. The van der Waals surface area contributed by atoms with E-state index in [1.807, 2.05) is 72.8 Å². The molecule has 0 saturated heterocycles. The number of hydrogen-bond donors (Lipinski definition) is 0. The molecule has 6 rings (SSSR count). The first-order valence-corrected chi connectivity index (χ1v) is 11.8. The van der Waals surface area contributed by atoms with E-state index >= 15 is 0 Å². The Morgan fingerprint density at radius 1 is 0.971 bits per heavy atom. The van der Waals surface area contributed by atoms with E-state index in [9.17, 15) is 9.59 Å². The molecule has 0 spiro atoms. The van der Waals surface area contributed by atoms with Gasteiger partial charge < -0.3 is 4.57 Å². The van der Waals surface area contributed by atoms with Crippen molar-refractivity contribution in [3.05, 3.63) is 88.4 Å². The summed E-state index contributed by atoms with van der Waals surface area (Å²) in [5.41, 5.74) is 5.37. The van der Waals surface area contributed by atoms with E-state index in [4.69, 9.17) is 9.97 Å². The fourth-order valence-corrected chi connectivity index (χ4v) is 4.70. The van der Waals surface area contributed by atoms with Gasteiger partial charge in [-0.2, -0.15) is 10.1 Å². The van der Waals surface area contributed by atoms with Crippen molar-refractivity contribution in [2.45, 2.75) is 13.5 Å². The van der Waals surface area contributed by atoms with Crippen molar-refractivity contribution in [2.75, 3.05) is 0 Å². The number of hydrazone groups is 1. The quantitative estimate of drug-likeness (QED) is 0.299. The van der Waals surface area contributed by atoms with Gasteiger partial charge in [-0.25, -0.2) is 9.97 Å². The van der Waals surface area contributed by atoms with Gasteiger partial charge in [-0.15, -0.1) is 0 Å². The summed E-state index contributed by atoms with van der Waals surface area (Å²) in [6.07, 6.45) is 1.75. The zero-order chi connectivity index (χ0) is 24.1. The molecule has 0 bridgehead atoms. The van der Waals surface area contributed by atoms with Crippen LogP contribution in [0.1, 0.15) is 12.5 Å². The number of halogens is 1. The monoisotopic (exact) mass is 523 g/mol. The number of imide groups is 1. The third-order valence-electron chi connectivity index (χ3n) is 6.02. The SMILES string of the molecule is CC1=NN(C(=O)Cn2c3ccc(Br)cc3c3nc4ccccc4nc32)C(=O)/C1=C/c1ccccc1. The first-order chi connectivity index (χ1) is 17.0. The number of para-hydroxylation sites is 2. The lowest BCUT2D eigenvalue weighted by Crippen LogP contribution is -2.32. The molecule has 35 heavy (non-hydrogen) atoms. The van der Waals surface area contributed by atoms with Crippen LogP contribution >= 0.6 is 15.9 Å². The first-order valence-electron chi connectivity index (χ1n) is 11.0. The molecule has 2 amide bonds. The van der Waals surface area contributed by atoms with Crippen LogP contribution in [0.5, 0.6) is 0 Å². The largest absolute Gasteiger partial charge is 0.314 e. The molecule has 0 N–H and O–H groups in total. The minimum Gasteiger partial charge on any atom is -0.314 e. The van der Waals surface area contributed by atoms with Crippen LogP contribution < -0.4 is 0 Å². The van der Waals surface area contributed by atoms with E-state index in [-0.39, 0.29) is 6.54 Å². The summed E-state index contributed by atoms with van der Waals surface area (Å²) in [6.45, 7) is 1.63. The average Bonchev–Trinajstić information content (AvgIpc) is 3.31.